The number of rotatable bonds is 9. The monoisotopic (exact) mass is 480 g/mol. The number of carbonyl (C=O) groups is 2. The van der Waals surface area contributed by atoms with E-state index in [0.29, 0.717) is 12.8 Å². The highest BCUT2D eigenvalue weighted by molar-refractivity contribution is 5.79. The molecule has 4 rings (SSSR count). The Hall–Kier alpha value is -3.99. The Balaban J connectivity index is 1.40. The molecule has 0 aliphatic carbocycles. The second-order valence-electron chi connectivity index (χ2n) is 9.18. The van der Waals surface area contributed by atoms with Crippen molar-refractivity contribution in [2.45, 2.75) is 52.1 Å². The Bertz CT molecular complexity index is 1310. The smallest absolute Gasteiger partial charge is 0.313 e. The zero-order valence-corrected chi connectivity index (χ0v) is 21.1. The molecule has 0 aliphatic heterocycles. The fourth-order valence-electron chi connectivity index (χ4n) is 4.36. The van der Waals surface area contributed by atoms with Gasteiger partial charge in [0.05, 0.1) is 11.6 Å². The molecule has 2 atom stereocenters. The van der Waals surface area contributed by atoms with Crippen molar-refractivity contribution in [2.75, 3.05) is 0 Å². The van der Waals surface area contributed by atoms with Gasteiger partial charge in [0.15, 0.2) is 0 Å². The molecular formula is C31H32N2O3. The first-order chi connectivity index (χ1) is 17.4. The molecule has 0 bridgehead atoms. The Morgan fingerprint density at radius 1 is 0.917 bits per heavy atom. The number of nitrogens with zero attached hydrogens (tertiary/aromatic N) is 2. The molecule has 0 amide bonds. The van der Waals surface area contributed by atoms with E-state index in [1.165, 1.54) is 0 Å². The maximum atomic E-state index is 12.7. The van der Waals surface area contributed by atoms with E-state index >= 15 is 0 Å². The highest BCUT2D eigenvalue weighted by Crippen LogP contribution is 2.28. The van der Waals surface area contributed by atoms with Crippen LogP contribution in [0.15, 0.2) is 91.4 Å². The van der Waals surface area contributed by atoms with Crippen LogP contribution in [0.3, 0.4) is 0 Å². The lowest BCUT2D eigenvalue weighted by Gasteiger charge is -2.17. The van der Waals surface area contributed by atoms with Gasteiger partial charge in [-0.25, -0.2) is 4.98 Å². The van der Waals surface area contributed by atoms with Gasteiger partial charge in [-0.2, -0.15) is 0 Å². The number of benzene rings is 3. The van der Waals surface area contributed by atoms with Gasteiger partial charge in [0.2, 0.25) is 5.91 Å². The molecule has 5 nitrogen and oxygen atoms in total. The molecule has 1 aromatic heterocycles. The summed E-state index contributed by atoms with van der Waals surface area (Å²) in [7, 11) is 0. The summed E-state index contributed by atoms with van der Waals surface area (Å²) in [6.07, 6.45) is 4.55. The van der Waals surface area contributed by atoms with Crippen molar-refractivity contribution in [3.63, 3.8) is 0 Å². The number of carbonyl (C=O) groups excluding carboxylic acids is 2. The third kappa shape index (κ3) is 5.98. The summed E-state index contributed by atoms with van der Waals surface area (Å²) >= 11 is 0. The highest BCUT2D eigenvalue weighted by atomic mass is 16.5. The van der Waals surface area contributed by atoms with Crippen LogP contribution in [0, 0.1) is 6.92 Å². The Morgan fingerprint density at radius 2 is 1.61 bits per heavy atom. The molecule has 0 saturated heterocycles. The third-order valence-electron chi connectivity index (χ3n) is 6.78. The molecule has 1 unspecified atom stereocenters. The van der Waals surface area contributed by atoms with Gasteiger partial charge in [0.1, 0.15) is 12.9 Å². The molecule has 184 valence electrons. The average molecular weight is 481 g/mol. The van der Waals surface area contributed by atoms with Crippen molar-refractivity contribution in [3.8, 4) is 0 Å². The second-order valence-corrected chi connectivity index (χ2v) is 9.18. The topological polar surface area (TPSA) is 61.2 Å². The van der Waals surface area contributed by atoms with Gasteiger partial charge >= 0.3 is 5.97 Å². The highest BCUT2D eigenvalue weighted by Gasteiger charge is 2.19. The molecule has 5 heteroatoms. The number of aryl methyl sites for hydroxylation is 1. The standard InChI is InChI=1S/C31H32N2O3/c1-22-27(20-36-31(35)23(2)26-13-8-5-9-14-26)15-10-16-28(22)24(3)29-19-33(21-32-29)30(34)18-17-25-11-6-4-7-12-25/h4-16,19,21,23-24H,17-18,20H2,1-3H3/t23?,24-/m0/s1. The zero-order valence-electron chi connectivity index (χ0n) is 21.1. The van der Waals surface area contributed by atoms with E-state index < -0.39 is 0 Å². The number of aromatic nitrogens is 2. The lowest BCUT2D eigenvalue weighted by molar-refractivity contribution is -0.146. The summed E-state index contributed by atoms with van der Waals surface area (Å²) in [4.78, 5) is 29.8. The van der Waals surface area contributed by atoms with Crippen LogP contribution in [-0.2, 0) is 22.6 Å². The summed E-state index contributed by atoms with van der Waals surface area (Å²) in [5, 5.41) is 0. The zero-order chi connectivity index (χ0) is 25.5. The van der Waals surface area contributed by atoms with Crippen LogP contribution in [0.1, 0.15) is 70.4 Å². The van der Waals surface area contributed by atoms with E-state index in [2.05, 4.69) is 18.0 Å². The van der Waals surface area contributed by atoms with Gasteiger partial charge < -0.3 is 4.74 Å². The third-order valence-corrected chi connectivity index (χ3v) is 6.78. The molecule has 0 saturated carbocycles. The van der Waals surface area contributed by atoms with Crippen LogP contribution in [0.4, 0.5) is 0 Å². The van der Waals surface area contributed by atoms with E-state index in [1.54, 1.807) is 10.9 Å². The van der Waals surface area contributed by atoms with E-state index in [4.69, 9.17) is 4.74 Å². The largest absolute Gasteiger partial charge is 0.460 e. The summed E-state index contributed by atoms with van der Waals surface area (Å²) in [6, 6.07) is 25.7. The van der Waals surface area contributed by atoms with E-state index in [9.17, 15) is 9.59 Å². The first kappa shape index (κ1) is 25.1. The molecule has 36 heavy (non-hydrogen) atoms. The van der Waals surface area contributed by atoms with Crippen molar-refractivity contribution < 1.29 is 14.3 Å². The summed E-state index contributed by atoms with van der Waals surface area (Å²) < 4.78 is 7.25. The molecule has 3 aromatic carbocycles. The SMILES string of the molecule is Cc1c(COC(=O)C(C)c2ccccc2)cccc1[C@H](C)c1cn(C(=O)CCc2ccccc2)cn1. The maximum absolute atomic E-state index is 12.7. The van der Waals surface area contributed by atoms with Crippen LogP contribution < -0.4 is 0 Å². The number of hydrogen-bond acceptors (Lipinski definition) is 4. The minimum atomic E-state index is -0.322. The van der Waals surface area contributed by atoms with Gasteiger partial charge in [-0.1, -0.05) is 85.8 Å². The van der Waals surface area contributed by atoms with E-state index in [1.807, 2.05) is 92.8 Å². The predicted molar refractivity (Wildman–Crippen MR) is 141 cm³/mol. The Kier molecular flexibility index (Phi) is 8.11. The first-order valence-corrected chi connectivity index (χ1v) is 12.3. The number of esters is 1. The first-order valence-electron chi connectivity index (χ1n) is 12.3. The quantitative estimate of drug-likeness (QED) is 0.258. The van der Waals surface area contributed by atoms with Crippen molar-refractivity contribution in [1.29, 1.82) is 0 Å². The summed E-state index contributed by atoms with van der Waals surface area (Å²) in [5.74, 6) is -0.550. The number of ether oxygens (including phenoxy) is 1. The molecule has 0 fully saturated rings. The fourth-order valence-corrected chi connectivity index (χ4v) is 4.36. The van der Waals surface area contributed by atoms with Crippen LogP contribution in [0.5, 0.6) is 0 Å². The summed E-state index contributed by atoms with van der Waals surface area (Å²) in [6.45, 7) is 6.20. The lowest BCUT2D eigenvalue weighted by Crippen LogP contribution is -2.14. The lowest BCUT2D eigenvalue weighted by atomic mass is 9.91. The van der Waals surface area contributed by atoms with Crippen LogP contribution >= 0.6 is 0 Å². The fraction of sp³-hybridized carbons (Fsp3) is 0.258. The molecule has 1 heterocycles. The summed E-state index contributed by atoms with van der Waals surface area (Å²) in [5.41, 5.74) is 6.04. The molecule has 0 radical (unpaired) electrons. The second kappa shape index (κ2) is 11.6. The minimum absolute atomic E-state index is 0.00735. The van der Waals surface area contributed by atoms with Crippen molar-refractivity contribution in [1.82, 2.24) is 9.55 Å². The van der Waals surface area contributed by atoms with Crippen LogP contribution in [-0.4, -0.2) is 21.4 Å². The number of imidazole rings is 1. The Morgan fingerprint density at radius 3 is 2.33 bits per heavy atom. The average Bonchev–Trinajstić information content (AvgIpc) is 3.42. The van der Waals surface area contributed by atoms with E-state index in [-0.39, 0.29) is 30.3 Å². The van der Waals surface area contributed by atoms with Gasteiger partial charge in [-0.15, -0.1) is 0 Å². The van der Waals surface area contributed by atoms with Crippen molar-refractivity contribution in [2.24, 2.45) is 0 Å². The molecule has 0 spiro atoms. The maximum Gasteiger partial charge on any atom is 0.313 e. The van der Waals surface area contributed by atoms with Crippen molar-refractivity contribution >= 4 is 11.9 Å². The minimum Gasteiger partial charge on any atom is -0.460 e. The van der Waals surface area contributed by atoms with Gasteiger partial charge in [0.25, 0.3) is 0 Å². The van der Waals surface area contributed by atoms with Crippen LogP contribution in [0.25, 0.3) is 0 Å². The van der Waals surface area contributed by atoms with Gasteiger partial charge in [-0.3, -0.25) is 14.2 Å². The van der Waals surface area contributed by atoms with Gasteiger partial charge in [-0.05, 0) is 48.1 Å². The normalized spacial score (nSPS) is 12.6. The van der Waals surface area contributed by atoms with Gasteiger partial charge in [0, 0.05) is 18.5 Å². The molecule has 4 aromatic rings. The molecule has 0 aliphatic rings. The van der Waals surface area contributed by atoms with E-state index in [0.717, 1.165) is 33.5 Å². The Labute approximate surface area is 212 Å². The predicted octanol–water partition coefficient (Wildman–Crippen LogP) is 6.46. The van der Waals surface area contributed by atoms with Crippen LogP contribution in [0.2, 0.25) is 0 Å². The van der Waals surface area contributed by atoms with Crippen molar-refractivity contribution in [3.05, 3.63) is 125 Å². The number of hydrogen-bond donors (Lipinski definition) is 0. The molecule has 0 N–H and O–H groups in total. The molecular weight excluding hydrogens is 448 g/mol.